The fraction of sp³-hybridized carbons (Fsp3) is 0.286. The number of benzene rings is 1. The third-order valence-electron chi connectivity index (χ3n) is 2.87. The number of carbonyl (C=O) groups excluding carboxylic acids is 1. The number of nitrogen functional groups attached to an aromatic ring is 1. The first-order valence-electron chi connectivity index (χ1n) is 6.11. The molecule has 0 amide bonds. The second-order valence-corrected chi connectivity index (χ2v) is 5.14. The first-order valence-corrected chi connectivity index (χ1v) is 6.99. The van der Waals surface area contributed by atoms with Crippen molar-refractivity contribution in [1.82, 2.24) is 4.98 Å². The third kappa shape index (κ3) is 3.27. The average molecular weight is 292 g/mol. The molecule has 2 N–H and O–H groups in total. The van der Waals surface area contributed by atoms with Crippen molar-refractivity contribution in [2.24, 2.45) is 0 Å². The zero-order valence-electron chi connectivity index (χ0n) is 11.4. The lowest BCUT2D eigenvalue weighted by atomic mass is 10.2. The lowest BCUT2D eigenvalue weighted by molar-refractivity contribution is 0.0600. The molecule has 0 saturated carbocycles. The van der Waals surface area contributed by atoms with Crippen LogP contribution in [0.1, 0.15) is 20.9 Å². The van der Waals surface area contributed by atoms with E-state index < -0.39 is 5.97 Å². The van der Waals surface area contributed by atoms with Gasteiger partial charge in [-0.2, -0.15) is 0 Å². The van der Waals surface area contributed by atoms with Gasteiger partial charge >= 0.3 is 5.97 Å². The van der Waals surface area contributed by atoms with E-state index >= 15 is 0 Å². The van der Waals surface area contributed by atoms with Gasteiger partial charge in [0.25, 0.3) is 0 Å². The Morgan fingerprint density at radius 3 is 2.90 bits per heavy atom. The summed E-state index contributed by atoms with van der Waals surface area (Å²) in [6.45, 7) is 2.45. The number of carbonyl (C=O) groups is 1. The molecule has 0 bridgehead atoms. The van der Waals surface area contributed by atoms with Crippen LogP contribution in [-0.2, 0) is 11.2 Å². The number of thiazole rings is 1. The van der Waals surface area contributed by atoms with Crippen LogP contribution in [0.3, 0.4) is 0 Å². The van der Waals surface area contributed by atoms with E-state index in [2.05, 4.69) is 9.72 Å². The van der Waals surface area contributed by atoms with Gasteiger partial charge in [-0.1, -0.05) is 0 Å². The Kier molecular flexibility index (Phi) is 4.57. The van der Waals surface area contributed by atoms with E-state index in [1.165, 1.54) is 12.0 Å². The molecule has 0 aliphatic heterocycles. The van der Waals surface area contributed by atoms with Crippen LogP contribution in [0.25, 0.3) is 0 Å². The number of methoxy groups -OCH3 is 1. The maximum atomic E-state index is 11.5. The number of hydrogen-bond acceptors (Lipinski definition) is 6. The van der Waals surface area contributed by atoms with Crippen molar-refractivity contribution in [3.05, 3.63) is 39.8 Å². The molecule has 0 aliphatic carbocycles. The highest BCUT2D eigenvalue weighted by Gasteiger charge is 2.10. The smallest absolute Gasteiger partial charge is 0.337 e. The van der Waals surface area contributed by atoms with E-state index in [-0.39, 0.29) is 0 Å². The standard InChI is InChI=1S/C14H16N2O3S/c1-9-13(20-8-16-9)5-6-19-12-7-10(14(17)18-2)3-4-11(12)15/h3-4,7-8H,5-6,15H2,1-2H3. The molecule has 5 nitrogen and oxygen atoms in total. The highest BCUT2D eigenvalue weighted by Crippen LogP contribution is 2.24. The monoisotopic (exact) mass is 292 g/mol. The van der Waals surface area contributed by atoms with Crippen LogP contribution in [0.5, 0.6) is 5.75 Å². The highest BCUT2D eigenvalue weighted by molar-refractivity contribution is 7.09. The van der Waals surface area contributed by atoms with Gasteiger partial charge in [-0.3, -0.25) is 0 Å². The number of ether oxygens (including phenoxy) is 2. The zero-order valence-corrected chi connectivity index (χ0v) is 12.2. The number of nitrogens with two attached hydrogens (primary N) is 1. The summed E-state index contributed by atoms with van der Waals surface area (Å²) in [6, 6.07) is 4.85. The van der Waals surface area contributed by atoms with Crippen molar-refractivity contribution >= 4 is 23.0 Å². The minimum absolute atomic E-state index is 0.409. The molecule has 0 saturated heterocycles. The van der Waals surface area contributed by atoms with Gasteiger partial charge in [0.2, 0.25) is 0 Å². The largest absolute Gasteiger partial charge is 0.491 e. The SMILES string of the molecule is COC(=O)c1ccc(N)c(OCCc2scnc2C)c1. The summed E-state index contributed by atoms with van der Waals surface area (Å²) in [5, 5.41) is 0. The summed E-state index contributed by atoms with van der Waals surface area (Å²) in [5.41, 5.74) is 9.59. The fourth-order valence-electron chi connectivity index (χ4n) is 1.72. The Bertz CT molecular complexity index is 610. The van der Waals surface area contributed by atoms with Crippen LogP contribution >= 0.6 is 11.3 Å². The number of aryl methyl sites for hydroxylation is 1. The highest BCUT2D eigenvalue weighted by atomic mass is 32.1. The first kappa shape index (κ1) is 14.3. The van der Waals surface area contributed by atoms with E-state index in [1.807, 2.05) is 12.4 Å². The molecule has 0 spiro atoms. The second-order valence-electron chi connectivity index (χ2n) is 4.20. The van der Waals surface area contributed by atoms with Crippen molar-refractivity contribution in [2.45, 2.75) is 13.3 Å². The molecule has 20 heavy (non-hydrogen) atoms. The first-order chi connectivity index (χ1) is 9.61. The fourth-order valence-corrected chi connectivity index (χ4v) is 2.49. The maximum Gasteiger partial charge on any atom is 0.337 e. The zero-order chi connectivity index (χ0) is 14.5. The van der Waals surface area contributed by atoms with Crippen LogP contribution in [0.2, 0.25) is 0 Å². The van der Waals surface area contributed by atoms with Crippen LogP contribution in [-0.4, -0.2) is 24.7 Å². The van der Waals surface area contributed by atoms with Crippen LogP contribution in [0.15, 0.2) is 23.7 Å². The van der Waals surface area contributed by atoms with Gasteiger partial charge in [0.15, 0.2) is 0 Å². The summed E-state index contributed by atoms with van der Waals surface area (Å²) in [5.74, 6) is 0.0863. The van der Waals surface area contributed by atoms with Crippen molar-refractivity contribution in [3.63, 3.8) is 0 Å². The van der Waals surface area contributed by atoms with Crippen molar-refractivity contribution in [2.75, 3.05) is 19.5 Å². The number of nitrogens with zero attached hydrogens (tertiary/aromatic N) is 1. The van der Waals surface area contributed by atoms with Crippen molar-refractivity contribution in [3.8, 4) is 5.75 Å². The molecule has 106 valence electrons. The summed E-state index contributed by atoms with van der Waals surface area (Å²) in [7, 11) is 1.34. The molecule has 1 heterocycles. The van der Waals surface area contributed by atoms with E-state index in [0.29, 0.717) is 23.6 Å². The quantitative estimate of drug-likeness (QED) is 0.676. The molecule has 6 heteroatoms. The minimum atomic E-state index is -0.409. The van der Waals surface area contributed by atoms with Gasteiger partial charge < -0.3 is 15.2 Å². The summed E-state index contributed by atoms with van der Waals surface area (Å²) in [4.78, 5) is 16.8. The molecule has 0 fully saturated rings. The van der Waals surface area contributed by atoms with E-state index in [4.69, 9.17) is 10.5 Å². The molecule has 0 unspecified atom stereocenters. The Morgan fingerprint density at radius 1 is 1.45 bits per heavy atom. The molecule has 0 atom stereocenters. The predicted molar refractivity (Wildman–Crippen MR) is 78.2 cm³/mol. The van der Waals surface area contributed by atoms with Gasteiger partial charge in [-0.15, -0.1) is 11.3 Å². The molecule has 2 rings (SSSR count). The van der Waals surface area contributed by atoms with Crippen LogP contribution in [0.4, 0.5) is 5.69 Å². The Labute approximate surface area is 121 Å². The van der Waals surface area contributed by atoms with E-state index in [1.54, 1.807) is 29.5 Å². The molecule has 0 radical (unpaired) electrons. The average Bonchev–Trinajstić information content (AvgIpc) is 2.85. The normalized spacial score (nSPS) is 10.3. The van der Waals surface area contributed by atoms with Gasteiger partial charge in [-0.05, 0) is 25.1 Å². The van der Waals surface area contributed by atoms with E-state index in [0.717, 1.165) is 12.1 Å². The summed E-state index contributed by atoms with van der Waals surface area (Å²) >= 11 is 1.60. The Balaban J connectivity index is 2.02. The van der Waals surface area contributed by atoms with Gasteiger partial charge in [0.1, 0.15) is 5.75 Å². The minimum Gasteiger partial charge on any atom is -0.491 e. The summed E-state index contributed by atoms with van der Waals surface area (Å²) in [6.07, 6.45) is 0.762. The number of anilines is 1. The van der Waals surface area contributed by atoms with E-state index in [9.17, 15) is 4.79 Å². The van der Waals surface area contributed by atoms with Crippen LogP contribution in [0, 0.1) is 6.92 Å². The number of aromatic nitrogens is 1. The number of esters is 1. The topological polar surface area (TPSA) is 74.4 Å². The van der Waals surface area contributed by atoms with Gasteiger partial charge in [0, 0.05) is 11.3 Å². The second kappa shape index (κ2) is 6.38. The Hall–Kier alpha value is -2.08. The lowest BCUT2D eigenvalue weighted by Gasteiger charge is -2.10. The predicted octanol–water partition coefficient (Wildman–Crippen LogP) is 2.44. The molecular weight excluding hydrogens is 276 g/mol. The van der Waals surface area contributed by atoms with Gasteiger partial charge in [0.05, 0.1) is 36.2 Å². The number of rotatable bonds is 5. The lowest BCUT2D eigenvalue weighted by Crippen LogP contribution is -2.06. The molecule has 2 aromatic rings. The molecular formula is C14H16N2O3S. The molecule has 0 aliphatic rings. The molecule has 1 aromatic carbocycles. The third-order valence-corrected chi connectivity index (χ3v) is 3.86. The maximum absolute atomic E-state index is 11.5. The summed E-state index contributed by atoms with van der Waals surface area (Å²) < 4.78 is 10.3. The van der Waals surface area contributed by atoms with Crippen molar-refractivity contribution < 1.29 is 14.3 Å². The van der Waals surface area contributed by atoms with Gasteiger partial charge in [-0.25, -0.2) is 9.78 Å². The Morgan fingerprint density at radius 2 is 2.25 bits per heavy atom. The number of hydrogen-bond donors (Lipinski definition) is 1. The van der Waals surface area contributed by atoms with Crippen molar-refractivity contribution in [1.29, 1.82) is 0 Å². The molecule has 1 aromatic heterocycles. The van der Waals surface area contributed by atoms with Crippen LogP contribution < -0.4 is 10.5 Å².